The van der Waals surface area contributed by atoms with Gasteiger partial charge in [0, 0.05) is 30.0 Å². The SMILES string of the molecule is CC[Si](CC)(CC)O[C@@H](CN(C(=O)O)[C@H](C)Cc1c[nH]c2c(OCc3ccccc3)cccc12)c1cccnc1. The molecule has 2 atom stereocenters. The number of rotatable bonds is 14. The fourth-order valence-electron chi connectivity index (χ4n) is 5.34. The Balaban J connectivity index is 1.54. The van der Waals surface area contributed by atoms with Gasteiger partial charge in [0.05, 0.1) is 18.2 Å². The van der Waals surface area contributed by atoms with E-state index in [-0.39, 0.29) is 18.7 Å². The van der Waals surface area contributed by atoms with E-state index in [1.165, 1.54) is 4.90 Å². The highest BCUT2D eigenvalue weighted by molar-refractivity contribution is 6.73. The van der Waals surface area contributed by atoms with Crippen molar-refractivity contribution in [2.45, 2.75) is 71.0 Å². The highest BCUT2D eigenvalue weighted by Gasteiger charge is 2.35. The van der Waals surface area contributed by atoms with Crippen LogP contribution in [0.5, 0.6) is 5.75 Å². The van der Waals surface area contributed by atoms with Crippen LogP contribution in [0, 0.1) is 0 Å². The van der Waals surface area contributed by atoms with Gasteiger partial charge >= 0.3 is 6.09 Å². The number of fused-ring (bicyclic) bond motifs is 1. The van der Waals surface area contributed by atoms with E-state index in [0.29, 0.717) is 13.0 Å². The van der Waals surface area contributed by atoms with E-state index in [1.807, 2.05) is 67.7 Å². The summed E-state index contributed by atoms with van der Waals surface area (Å²) in [7, 11) is -2.00. The third-order valence-corrected chi connectivity index (χ3v) is 12.7. The maximum atomic E-state index is 12.6. The highest BCUT2D eigenvalue weighted by Crippen LogP contribution is 2.32. The van der Waals surface area contributed by atoms with Gasteiger partial charge in [-0.3, -0.25) is 4.98 Å². The van der Waals surface area contributed by atoms with Crippen molar-refractivity contribution in [2.24, 2.45) is 0 Å². The minimum absolute atomic E-state index is 0.255. The van der Waals surface area contributed by atoms with E-state index in [2.05, 4.69) is 36.8 Å². The highest BCUT2D eigenvalue weighted by atomic mass is 28.4. The number of benzene rings is 2. The van der Waals surface area contributed by atoms with Crippen LogP contribution < -0.4 is 4.74 Å². The lowest BCUT2D eigenvalue weighted by Gasteiger charge is -2.37. The Morgan fingerprint density at radius 2 is 1.77 bits per heavy atom. The van der Waals surface area contributed by atoms with Gasteiger partial charge < -0.3 is 24.2 Å². The van der Waals surface area contributed by atoms with Crippen LogP contribution in [0.25, 0.3) is 10.9 Å². The molecule has 0 aliphatic rings. The predicted molar refractivity (Wildman–Crippen MR) is 162 cm³/mol. The van der Waals surface area contributed by atoms with Gasteiger partial charge in [0.1, 0.15) is 12.4 Å². The lowest BCUT2D eigenvalue weighted by Crippen LogP contribution is -2.45. The number of H-pyrrole nitrogens is 1. The molecule has 0 saturated carbocycles. The summed E-state index contributed by atoms with van der Waals surface area (Å²) in [6, 6.07) is 22.6. The summed E-state index contributed by atoms with van der Waals surface area (Å²) in [6.45, 7) is 9.26. The van der Waals surface area contributed by atoms with Crippen molar-refractivity contribution in [3.8, 4) is 5.75 Å². The number of carboxylic acid groups (broad SMARTS) is 1. The summed E-state index contributed by atoms with van der Waals surface area (Å²) in [5.74, 6) is 0.778. The number of pyridine rings is 1. The van der Waals surface area contributed by atoms with E-state index in [0.717, 1.165) is 51.5 Å². The number of aromatic amines is 1. The first kappa shape index (κ1) is 29.4. The smallest absolute Gasteiger partial charge is 0.407 e. The van der Waals surface area contributed by atoms with Crippen LogP contribution in [-0.4, -0.2) is 47.0 Å². The summed E-state index contributed by atoms with van der Waals surface area (Å²) in [4.78, 5) is 21.8. The molecule has 2 heterocycles. The number of para-hydroxylation sites is 1. The molecule has 0 aliphatic heterocycles. The normalized spacial score (nSPS) is 13.2. The van der Waals surface area contributed by atoms with Crippen LogP contribution in [0.3, 0.4) is 0 Å². The van der Waals surface area contributed by atoms with Crippen LogP contribution in [0.15, 0.2) is 79.3 Å². The first-order valence-electron chi connectivity index (χ1n) is 14.2. The molecule has 0 aliphatic carbocycles. The average molecular weight is 560 g/mol. The minimum atomic E-state index is -2.00. The molecule has 0 bridgehead atoms. The van der Waals surface area contributed by atoms with Gasteiger partial charge in [0.2, 0.25) is 0 Å². The van der Waals surface area contributed by atoms with Gasteiger partial charge in [-0.1, -0.05) is 69.3 Å². The van der Waals surface area contributed by atoms with Crippen LogP contribution >= 0.6 is 0 Å². The molecule has 212 valence electrons. The van der Waals surface area contributed by atoms with Crippen LogP contribution in [0.2, 0.25) is 18.1 Å². The van der Waals surface area contributed by atoms with E-state index in [1.54, 1.807) is 12.4 Å². The van der Waals surface area contributed by atoms with Crippen molar-refractivity contribution >= 4 is 25.3 Å². The Morgan fingerprint density at radius 1 is 1.02 bits per heavy atom. The van der Waals surface area contributed by atoms with Gasteiger partial charge in [-0.15, -0.1) is 0 Å². The topological polar surface area (TPSA) is 87.7 Å². The second-order valence-corrected chi connectivity index (χ2v) is 15.1. The van der Waals surface area contributed by atoms with E-state index >= 15 is 0 Å². The molecule has 1 amide bonds. The third-order valence-electron chi connectivity index (χ3n) is 8.04. The number of nitrogens with zero attached hydrogens (tertiary/aromatic N) is 2. The van der Waals surface area contributed by atoms with Crippen molar-refractivity contribution in [2.75, 3.05) is 6.54 Å². The number of aromatic nitrogens is 2. The number of carbonyl (C=O) groups is 1. The Bertz CT molecular complexity index is 1350. The van der Waals surface area contributed by atoms with Gasteiger partial charge in [-0.05, 0) is 60.3 Å². The maximum Gasteiger partial charge on any atom is 0.407 e. The Hall–Kier alpha value is -3.62. The molecule has 0 spiro atoms. The molecule has 8 heteroatoms. The van der Waals surface area contributed by atoms with Crippen LogP contribution in [-0.2, 0) is 17.5 Å². The Morgan fingerprint density at radius 3 is 2.42 bits per heavy atom. The fraction of sp³-hybridized carbons (Fsp3) is 0.375. The molecular weight excluding hydrogens is 518 g/mol. The molecule has 0 radical (unpaired) electrons. The predicted octanol–water partition coefficient (Wildman–Crippen LogP) is 7.82. The van der Waals surface area contributed by atoms with Crippen molar-refractivity contribution in [1.82, 2.24) is 14.9 Å². The standard InChI is InChI=1S/C32H41N3O4Si/c1-5-40(6-2,7-3)39-30(26-15-12-18-33-20-26)22-35(32(36)37)24(4)19-27-21-34-31-28(27)16-11-17-29(31)38-23-25-13-9-8-10-14-25/h8-18,20-21,24,30,34H,5-7,19,22-23H2,1-4H3,(H,36,37)/t24-,30+/m1/s1. The second-order valence-electron chi connectivity index (χ2n) is 10.4. The Kier molecular flexibility index (Phi) is 10.0. The van der Waals surface area contributed by atoms with Crippen molar-refractivity contribution in [1.29, 1.82) is 0 Å². The molecule has 40 heavy (non-hydrogen) atoms. The zero-order chi connectivity index (χ0) is 28.5. The summed E-state index contributed by atoms with van der Waals surface area (Å²) >= 11 is 0. The van der Waals surface area contributed by atoms with Crippen LogP contribution in [0.1, 0.15) is 50.5 Å². The van der Waals surface area contributed by atoms with Gasteiger partial charge in [-0.25, -0.2) is 4.79 Å². The molecule has 2 aromatic carbocycles. The number of hydrogen-bond donors (Lipinski definition) is 2. The molecule has 2 aromatic heterocycles. The molecular formula is C32H41N3O4Si. The molecule has 2 N–H and O–H groups in total. The molecule has 4 rings (SSSR count). The van der Waals surface area contributed by atoms with E-state index in [9.17, 15) is 9.90 Å². The maximum absolute atomic E-state index is 12.6. The average Bonchev–Trinajstić information content (AvgIpc) is 3.40. The second kappa shape index (κ2) is 13.6. The molecule has 0 unspecified atom stereocenters. The lowest BCUT2D eigenvalue weighted by atomic mass is 10.0. The van der Waals surface area contributed by atoms with Gasteiger partial charge in [0.15, 0.2) is 8.32 Å². The molecule has 7 nitrogen and oxygen atoms in total. The van der Waals surface area contributed by atoms with Crippen molar-refractivity contribution < 1.29 is 19.1 Å². The Labute approximate surface area is 238 Å². The number of ether oxygens (including phenoxy) is 1. The number of hydrogen-bond acceptors (Lipinski definition) is 4. The van der Waals surface area contributed by atoms with E-state index in [4.69, 9.17) is 9.16 Å². The van der Waals surface area contributed by atoms with Crippen molar-refractivity contribution in [3.63, 3.8) is 0 Å². The first-order valence-corrected chi connectivity index (χ1v) is 16.8. The summed E-state index contributed by atoms with van der Waals surface area (Å²) < 4.78 is 13.0. The fourth-order valence-corrected chi connectivity index (χ4v) is 8.16. The zero-order valence-corrected chi connectivity index (χ0v) is 25.0. The molecule has 0 fully saturated rings. The quantitative estimate of drug-likeness (QED) is 0.154. The zero-order valence-electron chi connectivity index (χ0n) is 24.0. The largest absolute Gasteiger partial charge is 0.487 e. The molecule has 0 saturated heterocycles. The first-order chi connectivity index (χ1) is 19.4. The van der Waals surface area contributed by atoms with E-state index < -0.39 is 14.4 Å². The number of amides is 1. The molecule has 4 aromatic rings. The monoisotopic (exact) mass is 559 g/mol. The minimum Gasteiger partial charge on any atom is -0.487 e. The summed E-state index contributed by atoms with van der Waals surface area (Å²) in [5.41, 5.74) is 3.99. The number of nitrogens with one attached hydrogen (secondary N) is 1. The third kappa shape index (κ3) is 6.92. The lowest BCUT2D eigenvalue weighted by molar-refractivity contribution is 0.0854. The van der Waals surface area contributed by atoms with Crippen molar-refractivity contribution in [3.05, 3.63) is 95.9 Å². The summed E-state index contributed by atoms with van der Waals surface area (Å²) in [6.07, 6.45) is 4.75. The van der Waals surface area contributed by atoms with Crippen LogP contribution in [0.4, 0.5) is 4.79 Å². The van der Waals surface area contributed by atoms with Gasteiger partial charge in [0.25, 0.3) is 0 Å². The summed E-state index contributed by atoms with van der Waals surface area (Å²) in [5, 5.41) is 11.4. The van der Waals surface area contributed by atoms with Gasteiger partial charge in [-0.2, -0.15) is 0 Å².